The molecule has 0 aliphatic carbocycles. The molecule has 4 fully saturated rings. The molecule has 8 aromatic carbocycles. The minimum absolute atomic E-state index is 0.00293. The van der Waals surface area contributed by atoms with E-state index >= 15 is 0 Å². The van der Waals surface area contributed by atoms with E-state index < -0.39 is 320 Å². The van der Waals surface area contributed by atoms with E-state index in [-0.39, 0.29) is 69.8 Å². The normalized spacial score (nSPS) is 41.1. The summed E-state index contributed by atoms with van der Waals surface area (Å²) in [5, 5.41) is 8.80. The molecule has 8 heterocycles. The molecule has 8 atom stereocenters. The van der Waals surface area contributed by atoms with Crippen molar-refractivity contribution in [3.63, 3.8) is 0 Å². The molecule has 4 saturated heterocycles. The third-order valence-electron chi connectivity index (χ3n) is 13.5. The van der Waals surface area contributed by atoms with E-state index in [0.717, 1.165) is 24.3 Å². The van der Waals surface area contributed by atoms with Gasteiger partial charge in [0.25, 0.3) is 0 Å². The van der Waals surface area contributed by atoms with Gasteiger partial charge in [0.1, 0.15) is 57.2 Å². The third-order valence-corrected chi connectivity index (χ3v) is 13.5. The lowest BCUT2D eigenvalue weighted by Gasteiger charge is -2.32. The molecule has 4 unspecified atom stereocenters. The smallest absolute Gasteiger partial charge is 0.231 e. The Morgan fingerprint density at radius 2 is 0.656 bits per heavy atom. The fourth-order valence-electron chi connectivity index (χ4n) is 8.88. The van der Waals surface area contributed by atoms with E-state index in [9.17, 15) is 17.6 Å². The maximum absolute atomic E-state index is 14.3. The van der Waals surface area contributed by atoms with Crippen LogP contribution in [0.3, 0.4) is 0 Å². The molecule has 0 saturated carbocycles. The summed E-state index contributed by atoms with van der Waals surface area (Å²) in [6.45, 7) is -32.4. The summed E-state index contributed by atoms with van der Waals surface area (Å²) in [6.07, 6.45) is -13.5. The Hall–Kier alpha value is -9.08. The topological polar surface area (TPSA) is 159 Å². The van der Waals surface area contributed by atoms with E-state index in [2.05, 4.69) is 16.0 Å². The summed E-state index contributed by atoms with van der Waals surface area (Å²) in [5.41, 5.74) is -4.02. The number of fused-ring (bicyclic) bond motifs is 4. The van der Waals surface area contributed by atoms with Crippen molar-refractivity contribution in [3.05, 3.63) is 215 Å². The van der Waals surface area contributed by atoms with Crippen LogP contribution in [0.2, 0.25) is 0 Å². The molecular formula is C76H80F4N4O12. The summed E-state index contributed by atoms with van der Waals surface area (Å²) >= 11 is 0. The SMILES string of the molecule is [2H]c1c([2H])c(C2([2H])C([2H])([2H])C([2H])([2H])NC[C@]2([2H])C([2H])([2H])Oc2ccc3c(c2)OC([2H])([2H])O3)c([2H])c([2H])c1F.[2H]c1c([2H])c(C2([2H])C([2H])([2H])C([2H])([2H])NC[C@]2([2H])COc2ccc3c(c2)OC([2H])([2H])O3)c([2H])c([2H])c1F.[2H]c1c([2H])c(C2([2H])[C@H](C([2H])([2H])Oc3ccc4c(c3)OC([2H])([2H])O4)CNC([2H])([2H])C2([2H])[2H])c([2H])c([2H])c1F.[2H]c1c([2H])c(C2([2H])[C@H](COc3ccc4c(c3)OC([2H])([2H])O4)CNC([2H])([2H])C2([2H])[2H])c([2H])c([2H])c1F. The molecule has 16 rings (SSSR count). The molecule has 8 aromatic rings. The summed E-state index contributed by atoms with van der Waals surface area (Å²) < 4.78 is 528. The van der Waals surface area contributed by atoms with Crippen LogP contribution in [0.1, 0.15) is 140 Å². The zero-order valence-electron chi connectivity index (χ0n) is 98.7. The molecule has 0 radical (unpaired) electrons. The molecule has 0 bridgehead atoms. The van der Waals surface area contributed by atoms with Crippen LogP contribution in [0.5, 0.6) is 69.0 Å². The maximum Gasteiger partial charge on any atom is 0.231 e. The molecular weight excluding hydrogens is 1240 g/mol. The van der Waals surface area contributed by atoms with Crippen molar-refractivity contribution in [2.75, 3.05) is 105 Å². The number of ether oxygens (including phenoxy) is 12. The lowest BCUT2D eigenvalue weighted by Crippen LogP contribution is -2.38. The van der Waals surface area contributed by atoms with Gasteiger partial charge in [0, 0.05) is 104 Å². The molecule has 8 aliphatic heterocycles. The zero-order chi connectivity index (χ0) is 110. The second kappa shape index (κ2) is 32.1. The van der Waals surface area contributed by atoms with Gasteiger partial charge >= 0.3 is 0 Å². The van der Waals surface area contributed by atoms with E-state index in [0.29, 0.717) is 0 Å². The monoisotopic (exact) mass is 1370 g/mol. The molecule has 0 amide bonds. The summed E-state index contributed by atoms with van der Waals surface area (Å²) in [7, 11) is 0. The molecule has 504 valence electrons. The van der Waals surface area contributed by atoms with Gasteiger partial charge in [-0.3, -0.25) is 0 Å². The summed E-state index contributed by atoms with van der Waals surface area (Å²) in [6, 6.07) is -3.88. The van der Waals surface area contributed by atoms with E-state index in [1.54, 1.807) is 0 Å². The highest BCUT2D eigenvalue weighted by molar-refractivity contribution is 5.50. The van der Waals surface area contributed by atoms with Gasteiger partial charge < -0.3 is 78.1 Å². The second-order valence-corrected chi connectivity index (χ2v) is 19.7. The molecule has 16 nitrogen and oxygen atoms in total. The highest BCUT2D eigenvalue weighted by Crippen LogP contribution is 2.41. The van der Waals surface area contributed by atoms with Gasteiger partial charge in [-0.05, 0) is 194 Å². The largest absolute Gasteiger partial charge is 0.493 e. The van der Waals surface area contributed by atoms with E-state index in [1.807, 2.05) is 5.32 Å². The first-order chi connectivity index (χ1) is 66.3. The second-order valence-electron chi connectivity index (χ2n) is 19.7. The Labute approximate surface area is 626 Å². The van der Waals surface area contributed by atoms with Crippen molar-refractivity contribution in [2.24, 2.45) is 23.6 Å². The Kier molecular flexibility index (Phi) is 9.68. The fourth-order valence-corrected chi connectivity index (χ4v) is 8.88. The molecule has 0 spiro atoms. The lowest BCUT2D eigenvalue weighted by molar-refractivity contribution is 0.173. The van der Waals surface area contributed by atoms with E-state index in [1.165, 1.54) is 48.5 Å². The quantitative estimate of drug-likeness (QED) is 0.0677. The first-order valence-electron chi connectivity index (χ1n) is 53.1. The van der Waals surface area contributed by atoms with Crippen LogP contribution in [0, 0.1) is 46.9 Å². The van der Waals surface area contributed by atoms with Crippen molar-refractivity contribution in [3.8, 4) is 69.0 Å². The Balaban J connectivity index is 0.000000163. The van der Waals surface area contributed by atoms with Crippen molar-refractivity contribution in [1.29, 1.82) is 0 Å². The average molecular weight is 1370 g/mol. The van der Waals surface area contributed by atoms with Crippen LogP contribution >= 0.6 is 0 Å². The van der Waals surface area contributed by atoms with Gasteiger partial charge in [0.05, 0.1) is 53.7 Å². The minimum atomic E-state index is -3.62. The highest BCUT2D eigenvalue weighted by Gasteiger charge is 2.32. The van der Waals surface area contributed by atoms with Crippen LogP contribution in [0.25, 0.3) is 0 Å². The van der Waals surface area contributed by atoms with Crippen LogP contribution in [0.4, 0.5) is 17.6 Å². The molecule has 20 heteroatoms. The minimum Gasteiger partial charge on any atom is -0.493 e. The number of nitrogens with one attached hydrogen (secondary N) is 4. The third kappa shape index (κ3) is 17.1. The Morgan fingerprint density at radius 1 is 0.354 bits per heavy atom. The molecule has 96 heavy (non-hydrogen) atoms. The first kappa shape index (κ1) is 28.9. The first-order valence-corrected chi connectivity index (χ1v) is 28.1. The van der Waals surface area contributed by atoms with E-state index in [4.69, 9.17) is 125 Å². The number of halogens is 4. The van der Waals surface area contributed by atoms with Crippen LogP contribution in [0.15, 0.2) is 169 Å². The summed E-state index contributed by atoms with van der Waals surface area (Å²) in [4.78, 5) is 0. The zero-order valence-corrected chi connectivity index (χ0v) is 48.7. The number of hydrogen-bond donors (Lipinski definition) is 4. The van der Waals surface area contributed by atoms with Gasteiger partial charge in [-0.15, -0.1) is 0 Å². The average Bonchev–Trinajstić information content (AvgIpc) is 0.850. The number of hydrogen-bond acceptors (Lipinski definition) is 16. The lowest BCUT2D eigenvalue weighted by atomic mass is 9.81. The van der Waals surface area contributed by atoms with Crippen molar-refractivity contribution >= 4 is 0 Å². The van der Waals surface area contributed by atoms with Gasteiger partial charge in [-0.1, -0.05) is 48.3 Å². The van der Waals surface area contributed by atoms with Gasteiger partial charge in [-0.25, -0.2) is 17.6 Å². The molecule has 4 N–H and O–H groups in total. The fraction of sp³-hybridized carbons (Fsp3) is 0.368. The van der Waals surface area contributed by atoms with Crippen LogP contribution in [-0.4, -0.2) is 105 Å². The predicted octanol–water partition coefficient (Wildman–Crippen LogP) is 13.3. The van der Waals surface area contributed by atoms with Crippen molar-refractivity contribution < 1.29 is 143 Å². The predicted molar refractivity (Wildman–Crippen MR) is 353 cm³/mol. The molecule has 0 aromatic heterocycles. The van der Waals surface area contributed by atoms with Crippen LogP contribution < -0.4 is 78.1 Å². The standard InChI is InChI=1S/4C19H20FNO3/c4*20-15-3-1-13(2-4-15)17-7-8-21-10-14(17)11-22-16-5-6-18-19(9-16)24-12-23-18/h4*1-6,9,14,17,21H,7-8,10-12H2/t4*14-,17?/m1100/s1/i1D,2D,3D,4D,7D2,8D2,11D2,12D2,14D,17D;1D,2D,3D,4D,7D2,8D2,12D2,14D,17D;1D,2D,3D,4D,7D2,8D2,11D2,12D2,17D;1D,2D,3D,4D,7D2,8D2,12D2,17D. The van der Waals surface area contributed by atoms with Crippen molar-refractivity contribution in [1.82, 2.24) is 21.3 Å². The Bertz CT molecular complexity index is 6450. The van der Waals surface area contributed by atoms with Crippen molar-refractivity contribution in [2.45, 2.75) is 49.1 Å². The Morgan fingerprint density at radius 3 is 1.07 bits per heavy atom. The number of piperidine rings is 4. The molecule has 8 aliphatic rings. The maximum atomic E-state index is 14.3. The van der Waals surface area contributed by atoms with Crippen LogP contribution in [-0.2, 0) is 0 Å². The number of rotatable bonds is 16. The summed E-state index contributed by atoms with van der Waals surface area (Å²) in [5.74, 6) is -28.5. The number of benzene rings is 8. The highest BCUT2D eigenvalue weighted by atomic mass is 19.1. The van der Waals surface area contributed by atoms with Gasteiger partial charge in [0.2, 0.25) is 27.0 Å². The van der Waals surface area contributed by atoms with Gasteiger partial charge in [-0.2, -0.15) is 0 Å². The van der Waals surface area contributed by atoms with Gasteiger partial charge in [0.15, 0.2) is 46.0 Å².